The van der Waals surface area contributed by atoms with Crippen LogP contribution in [-0.2, 0) is 29.5 Å². The summed E-state index contributed by atoms with van der Waals surface area (Å²) in [6, 6.07) is 12.4. The van der Waals surface area contributed by atoms with E-state index in [9.17, 15) is 4.79 Å². The molecule has 1 N–H and O–H groups in total. The smallest absolute Gasteiger partial charge is 0.227 e. The molecule has 0 saturated carbocycles. The molecule has 0 spiro atoms. The van der Waals surface area contributed by atoms with Crippen LogP contribution in [0.25, 0.3) is 0 Å². The normalized spacial score (nSPS) is 17.1. The van der Waals surface area contributed by atoms with Crippen molar-refractivity contribution in [3.63, 3.8) is 0 Å². The van der Waals surface area contributed by atoms with Crippen molar-refractivity contribution >= 4 is 34.7 Å². The van der Waals surface area contributed by atoms with Crippen LogP contribution in [0.3, 0.4) is 0 Å². The number of likely N-dealkylation sites (N-methyl/N-ethyl adjacent to an activating group) is 1. The number of aryl methyl sites for hydroxylation is 2. The molecule has 1 aromatic heterocycles. The van der Waals surface area contributed by atoms with Gasteiger partial charge in [-0.2, -0.15) is 0 Å². The molecule has 0 amide bonds. The fraction of sp³-hybridized carbons (Fsp3) is 0.414. The number of rotatable bonds is 7. The van der Waals surface area contributed by atoms with Crippen molar-refractivity contribution in [3.8, 4) is 5.75 Å². The SMILES string of the molecule is COc1cc(N2CCN(C)CC2)ccc1Nc1ncc(Cl)c(CCc2cccc3c2C(C)(C)C(=O)C3)n1. The third-order valence-electron chi connectivity index (χ3n) is 7.66. The number of hydrogen-bond donors (Lipinski definition) is 1. The number of anilines is 3. The molecule has 37 heavy (non-hydrogen) atoms. The topological polar surface area (TPSA) is 70.6 Å². The first-order valence-electron chi connectivity index (χ1n) is 12.8. The summed E-state index contributed by atoms with van der Waals surface area (Å²) in [5, 5.41) is 3.84. The first kappa shape index (κ1) is 25.5. The number of Topliss-reactive ketones (excluding diaryl/α,β-unsaturated/α-hetero) is 1. The van der Waals surface area contributed by atoms with Crippen molar-refractivity contribution in [1.82, 2.24) is 14.9 Å². The molecule has 1 fully saturated rings. The van der Waals surface area contributed by atoms with Gasteiger partial charge in [0.15, 0.2) is 0 Å². The first-order chi connectivity index (χ1) is 17.8. The quantitative estimate of drug-likeness (QED) is 0.479. The predicted molar refractivity (Wildman–Crippen MR) is 149 cm³/mol. The average Bonchev–Trinajstić information content (AvgIpc) is 3.13. The van der Waals surface area contributed by atoms with Crippen molar-refractivity contribution in [1.29, 1.82) is 0 Å². The predicted octanol–water partition coefficient (Wildman–Crippen LogP) is 4.82. The summed E-state index contributed by atoms with van der Waals surface area (Å²) < 4.78 is 5.69. The molecule has 7 nitrogen and oxygen atoms in total. The number of nitrogens with one attached hydrogen (secondary N) is 1. The maximum atomic E-state index is 12.6. The molecule has 1 saturated heterocycles. The summed E-state index contributed by atoms with van der Waals surface area (Å²) in [5.74, 6) is 1.48. The van der Waals surface area contributed by atoms with Crippen molar-refractivity contribution in [2.45, 2.75) is 38.5 Å². The van der Waals surface area contributed by atoms with Crippen LogP contribution < -0.4 is 15.0 Å². The number of hydrogen-bond acceptors (Lipinski definition) is 7. The first-order valence-corrected chi connectivity index (χ1v) is 13.2. The lowest BCUT2D eigenvalue weighted by molar-refractivity contribution is -0.121. The third-order valence-corrected chi connectivity index (χ3v) is 7.97. The van der Waals surface area contributed by atoms with Crippen molar-refractivity contribution < 1.29 is 9.53 Å². The number of piperazine rings is 1. The van der Waals surface area contributed by atoms with E-state index in [4.69, 9.17) is 21.3 Å². The van der Waals surface area contributed by atoms with Crippen LogP contribution >= 0.6 is 11.6 Å². The molecule has 1 aliphatic heterocycles. The Morgan fingerprint density at radius 3 is 2.65 bits per heavy atom. The molecule has 1 aliphatic carbocycles. The van der Waals surface area contributed by atoms with Gasteiger partial charge in [0, 0.05) is 49.8 Å². The highest BCUT2D eigenvalue weighted by atomic mass is 35.5. The van der Waals surface area contributed by atoms with Gasteiger partial charge in [-0.3, -0.25) is 4.79 Å². The van der Waals surface area contributed by atoms with Crippen LogP contribution in [0.2, 0.25) is 5.02 Å². The summed E-state index contributed by atoms with van der Waals surface area (Å²) in [6.45, 7) is 8.12. The molecule has 2 aromatic carbocycles. The summed E-state index contributed by atoms with van der Waals surface area (Å²) in [5.41, 5.74) is 5.73. The second kappa shape index (κ2) is 10.3. The van der Waals surface area contributed by atoms with E-state index >= 15 is 0 Å². The van der Waals surface area contributed by atoms with Gasteiger partial charge >= 0.3 is 0 Å². The second-order valence-corrected chi connectivity index (χ2v) is 10.9. The summed E-state index contributed by atoms with van der Waals surface area (Å²) in [6.07, 6.45) is 3.55. The Bertz CT molecular complexity index is 1320. The zero-order valence-corrected chi connectivity index (χ0v) is 22.7. The minimum atomic E-state index is -0.457. The lowest BCUT2D eigenvalue weighted by Gasteiger charge is -2.34. The van der Waals surface area contributed by atoms with Crippen molar-refractivity contribution in [2.75, 3.05) is 50.6 Å². The molecule has 194 valence electrons. The number of carbonyl (C=O) groups is 1. The molecule has 3 aromatic rings. The number of nitrogens with zero attached hydrogens (tertiary/aromatic N) is 4. The number of carbonyl (C=O) groups excluding carboxylic acids is 1. The highest BCUT2D eigenvalue weighted by Gasteiger charge is 2.39. The molecule has 8 heteroatoms. The van der Waals surface area contributed by atoms with Gasteiger partial charge < -0.3 is 19.9 Å². The van der Waals surface area contributed by atoms with Crippen LogP contribution in [0.1, 0.15) is 36.2 Å². The molecular formula is C29H34ClN5O2. The number of fused-ring (bicyclic) bond motifs is 1. The zero-order chi connectivity index (χ0) is 26.2. The van der Waals surface area contributed by atoms with Crippen LogP contribution in [0.5, 0.6) is 5.75 Å². The van der Waals surface area contributed by atoms with Gasteiger partial charge in [-0.05, 0) is 62.6 Å². The molecule has 0 bridgehead atoms. The number of methoxy groups -OCH3 is 1. The molecule has 5 rings (SSSR count). The highest BCUT2D eigenvalue weighted by molar-refractivity contribution is 6.31. The molecule has 2 heterocycles. The Hall–Kier alpha value is -3.16. The largest absolute Gasteiger partial charge is 0.494 e. The van der Waals surface area contributed by atoms with E-state index in [0.717, 1.165) is 66.5 Å². The van der Waals surface area contributed by atoms with E-state index in [1.165, 1.54) is 5.56 Å². The van der Waals surface area contributed by atoms with Crippen LogP contribution in [0, 0.1) is 0 Å². The minimum Gasteiger partial charge on any atom is -0.494 e. The van der Waals surface area contributed by atoms with Gasteiger partial charge in [-0.1, -0.05) is 29.8 Å². The highest BCUT2D eigenvalue weighted by Crippen LogP contribution is 2.38. The Morgan fingerprint density at radius 1 is 1.11 bits per heavy atom. The number of benzene rings is 2. The van der Waals surface area contributed by atoms with Gasteiger partial charge in [-0.25, -0.2) is 9.97 Å². The molecule has 0 radical (unpaired) electrons. The maximum Gasteiger partial charge on any atom is 0.227 e. The van der Waals surface area contributed by atoms with E-state index < -0.39 is 5.41 Å². The number of aromatic nitrogens is 2. The monoisotopic (exact) mass is 519 g/mol. The van der Waals surface area contributed by atoms with E-state index in [0.29, 0.717) is 23.8 Å². The summed E-state index contributed by atoms with van der Waals surface area (Å²) in [7, 11) is 3.83. The van der Waals surface area contributed by atoms with Gasteiger partial charge in [0.25, 0.3) is 0 Å². The molecule has 2 aliphatic rings. The van der Waals surface area contributed by atoms with Crippen LogP contribution in [-0.4, -0.2) is 61.0 Å². The molecular weight excluding hydrogens is 486 g/mol. The number of ether oxygens (including phenoxy) is 1. The Morgan fingerprint density at radius 2 is 1.89 bits per heavy atom. The minimum absolute atomic E-state index is 0.272. The van der Waals surface area contributed by atoms with Gasteiger partial charge in [0.2, 0.25) is 5.95 Å². The van der Waals surface area contributed by atoms with Gasteiger partial charge in [-0.15, -0.1) is 0 Å². The number of ketones is 1. The standard InChI is InChI=1S/C29H34ClN5O2/c1-29(2)26(36)16-20-7-5-6-19(27(20)29)8-10-23-22(30)18-31-28(32-23)33-24-11-9-21(17-25(24)37-4)35-14-12-34(3)13-15-35/h5-7,9,11,17-18H,8,10,12-16H2,1-4H3,(H,31,32,33). The van der Waals surface area contributed by atoms with Crippen molar-refractivity contribution in [3.05, 3.63) is 70.0 Å². The molecule has 0 unspecified atom stereocenters. The van der Waals surface area contributed by atoms with E-state index in [-0.39, 0.29) is 5.78 Å². The Labute approximate surface area is 223 Å². The summed E-state index contributed by atoms with van der Waals surface area (Å²) in [4.78, 5) is 26.4. The zero-order valence-electron chi connectivity index (χ0n) is 22.0. The fourth-order valence-corrected chi connectivity index (χ4v) is 5.59. The van der Waals surface area contributed by atoms with Gasteiger partial charge in [0.1, 0.15) is 11.5 Å². The fourth-order valence-electron chi connectivity index (χ4n) is 5.40. The maximum absolute atomic E-state index is 12.6. The van der Waals surface area contributed by atoms with Gasteiger partial charge in [0.05, 0.1) is 29.7 Å². The average molecular weight is 520 g/mol. The van der Waals surface area contributed by atoms with E-state index in [2.05, 4.69) is 51.4 Å². The lowest BCUT2D eigenvalue weighted by Crippen LogP contribution is -2.44. The van der Waals surface area contributed by atoms with Crippen LogP contribution in [0.4, 0.5) is 17.3 Å². The second-order valence-electron chi connectivity index (χ2n) is 10.5. The Kier molecular flexibility index (Phi) is 7.10. The van der Waals surface area contributed by atoms with Crippen LogP contribution in [0.15, 0.2) is 42.6 Å². The van der Waals surface area contributed by atoms with E-state index in [1.807, 2.05) is 26.0 Å². The summed E-state index contributed by atoms with van der Waals surface area (Å²) >= 11 is 6.50. The molecule has 0 atom stereocenters. The third kappa shape index (κ3) is 5.15. The van der Waals surface area contributed by atoms with Crippen molar-refractivity contribution in [2.24, 2.45) is 0 Å². The lowest BCUT2D eigenvalue weighted by atomic mass is 9.82. The Balaban J connectivity index is 1.32. The van der Waals surface area contributed by atoms with E-state index in [1.54, 1.807) is 13.3 Å². The number of halogens is 1.